The minimum Gasteiger partial charge on any atom is -0.392 e. The first kappa shape index (κ1) is 13.3. The quantitative estimate of drug-likeness (QED) is 0.481. The average molecular weight is 204 g/mol. The fourth-order valence-electron chi connectivity index (χ4n) is 1.31. The molecule has 1 N–H and O–H groups in total. The fourth-order valence-corrected chi connectivity index (χ4v) is 1.44. The Morgan fingerprint density at radius 1 is 1.23 bits per heavy atom. The highest BCUT2D eigenvalue weighted by Gasteiger charge is 2.25. The van der Waals surface area contributed by atoms with Gasteiger partial charge >= 0.3 is 0 Å². The van der Waals surface area contributed by atoms with Crippen molar-refractivity contribution in [2.75, 3.05) is 0 Å². The molecule has 80 valence electrons. The van der Waals surface area contributed by atoms with Crippen molar-refractivity contribution in [3.05, 3.63) is 0 Å². The summed E-state index contributed by atoms with van der Waals surface area (Å²) in [6.45, 7) is 6.29. The van der Waals surface area contributed by atoms with E-state index in [9.17, 15) is 5.11 Å². The summed E-state index contributed by atoms with van der Waals surface area (Å²) in [6, 6.07) is 0. The molecular weight excluding hydrogens is 180 g/mol. The number of unbranched alkanes of at least 4 members (excludes halogenated alkanes) is 3. The van der Waals surface area contributed by atoms with Gasteiger partial charge in [0, 0.05) is 4.75 Å². The number of rotatable bonds is 7. The molecular formula is C11H24OS. The largest absolute Gasteiger partial charge is 0.392 e. The summed E-state index contributed by atoms with van der Waals surface area (Å²) in [7, 11) is 0. The molecule has 0 saturated carbocycles. The van der Waals surface area contributed by atoms with Gasteiger partial charge in [-0.05, 0) is 19.8 Å². The lowest BCUT2D eigenvalue weighted by Crippen LogP contribution is -2.32. The van der Waals surface area contributed by atoms with Gasteiger partial charge < -0.3 is 5.11 Å². The van der Waals surface area contributed by atoms with Gasteiger partial charge in [0.25, 0.3) is 0 Å². The molecule has 0 aliphatic carbocycles. The van der Waals surface area contributed by atoms with E-state index < -0.39 is 0 Å². The molecule has 0 amide bonds. The maximum Gasteiger partial charge on any atom is 0.0681 e. The molecule has 2 atom stereocenters. The Balaban J connectivity index is 3.55. The van der Waals surface area contributed by atoms with Crippen molar-refractivity contribution in [3.8, 4) is 0 Å². The van der Waals surface area contributed by atoms with E-state index in [4.69, 9.17) is 0 Å². The smallest absolute Gasteiger partial charge is 0.0681 e. The number of thiol groups is 1. The summed E-state index contributed by atoms with van der Waals surface area (Å²) in [6.07, 6.45) is 6.47. The first-order valence-corrected chi connectivity index (χ1v) is 5.89. The van der Waals surface area contributed by atoms with E-state index in [1.807, 2.05) is 6.92 Å². The summed E-state index contributed by atoms with van der Waals surface area (Å²) >= 11 is 4.46. The molecule has 2 unspecified atom stereocenters. The number of aliphatic hydroxyl groups is 1. The molecule has 0 rings (SSSR count). The van der Waals surface area contributed by atoms with E-state index >= 15 is 0 Å². The lowest BCUT2D eigenvalue weighted by atomic mass is 9.95. The molecule has 0 aromatic rings. The van der Waals surface area contributed by atoms with Gasteiger partial charge in [0.1, 0.15) is 0 Å². The summed E-state index contributed by atoms with van der Waals surface area (Å²) in [5.74, 6) is 0. The second-order valence-corrected chi connectivity index (χ2v) is 5.10. The summed E-state index contributed by atoms with van der Waals surface area (Å²) in [5.41, 5.74) is 0. The minimum absolute atomic E-state index is 0.202. The van der Waals surface area contributed by atoms with Crippen LogP contribution in [0.1, 0.15) is 59.3 Å². The number of hydrogen-bond acceptors (Lipinski definition) is 2. The Bertz CT molecular complexity index is 123. The molecule has 0 aromatic heterocycles. The van der Waals surface area contributed by atoms with Gasteiger partial charge in [-0.25, -0.2) is 0 Å². The van der Waals surface area contributed by atoms with Gasteiger partial charge in [-0.15, -0.1) is 0 Å². The van der Waals surface area contributed by atoms with Crippen LogP contribution in [0.15, 0.2) is 0 Å². The van der Waals surface area contributed by atoms with Gasteiger partial charge in [0.2, 0.25) is 0 Å². The zero-order chi connectivity index (χ0) is 10.3. The molecule has 0 radical (unpaired) electrons. The van der Waals surface area contributed by atoms with Crippen LogP contribution in [0.2, 0.25) is 0 Å². The van der Waals surface area contributed by atoms with E-state index in [2.05, 4.69) is 26.5 Å². The zero-order valence-corrected chi connectivity index (χ0v) is 10.1. The highest BCUT2D eigenvalue weighted by Crippen LogP contribution is 2.26. The maximum absolute atomic E-state index is 9.80. The van der Waals surface area contributed by atoms with E-state index in [0.717, 1.165) is 19.3 Å². The second kappa shape index (κ2) is 6.72. The standard InChI is InChI=1S/C11H24OS/c1-4-6-7-8-9-10(12)11(3,13)5-2/h10,12-13H,4-9H2,1-3H3. The average Bonchev–Trinajstić information content (AvgIpc) is 2.12. The third-order valence-corrected chi connectivity index (χ3v) is 3.38. The lowest BCUT2D eigenvalue weighted by Gasteiger charge is -2.28. The Labute approximate surface area is 88.3 Å². The van der Waals surface area contributed by atoms with Gasteiger partial charge in [0.15, 0.2) is 0 Å². The normalized spacial score (nSPS) is 18.2. The molecule has 13 heavy (non-hydrogen) atoms. The molecule has 0 fully saturated rings. The lowest BCUT2D eigenvalue weighted by molar-refractivity contribution is 0.121. The van der Waals surface area contributed by atoms with Crippen molar-refractivity contribution >= 4 is 12.6 Å². The molecule has 0 heterocycles. The van der Waals surface area contributed by atoms with E-state index in [1.165, 1.54) is 19.3 Å². The predicted molar refractivity (Wildman–Crippen MR) is 62.4 cm³/mol. The molecule has 2 heteroatoms. The van der Waals surface area contributed by atoms with Crippen molar-refractivity contribution in [3.63, 3.8) is 0 Å². The van der Waals surface area contributed by atoms with Crippen LogP contribution in [-0.2, 0) is 0 Å². The van der Waals surface area contributed by atoms with Gasteiger partial charge in [-0.2, -0.15) is 12.6 Å². The van der Waals surface area contributed by atoms with Gasteiger partial charge in [0.05, 0.1) is 6.10 Å². The first-order chi connectivity index (χ1) is 6.04. The molecule has 1 nitrogen and oxygen atoms in total. The van der Waals surface area contributed by atoms with Crippen molar-refractivity contribution < 1.29 is 5.11 Å². The SMILES string of the molecule is CCCCCCC(O)C(C)(S)CC. The Morgan fingerprint density at radius 3 is 2.31 bits per heavy atom. The van der Waals surface area contributed by atoms with Crippen LogP contribution in [0.4, 0.5) is 0 Å². The van der Waals surface area contributed by atoms with Crippen LogP contribution in [-0.4, -0.2) is 16.0 Å². The van der Waals surface area contributed by atoms with Crippen LogP contribution in [0.25, 0.3) is 0 Å². The summed E-state index contributed by atoms with van der Waals surface area (Å²) in [5, 5.41) is 9.80. The van der Waals surface area contributed by atoms with E-state index in [-0.39, 0.29) is 10.9 Å². The maximum atomic E-state index is 9.80. The van der Waals surface area contributed by atoms with Gasteiger partial charge in [-0.3, -0.25) is 0 Å². The molecule has 0 bridgehead atoms. The third kappa shape index (κ3) is 5.58. The summed E-state index contributed by atoms with van der Waals surface area (Å²) in [4.78, 5) is 0. The van der Waals surface area contributed by atoms with Crippen LogP contribution in [0.5, 0.6) is 0 Å². The van der Waals surface area contributed by atoms with Crippen molar-refractivity contribution in [1.82, 2.24) is 0 Å². The van der Waals surface area contributed by atoms with Gasteiger partial charge in [-0.1, -0.05) is 39.5 Å². The molecule has 0 saturated heterocycles. The predicted octanol–water partition coefficient (Wildman–Crippen LogP) is 3.42. The highest BCUT2D eigenvalue weighted by atomic mass is 32.1. The van der Waals surface area contributed by atoms with Crippen molar-refractivity contribution in [1.29, 1.82) is 0 Å². The molecule has 0 aliphatic heterocycles. The van der Waals surface area contributed by atoms with Crippen LogP contribution >= 0.6 is 12.6 Å². The minimum atomic E-state index is -0.252. The zero-order valence-electron chi connectivity index (χ0n) is 9.21. The van der Waals surface area contributed by atoms with Crippen LogP contribution < -0.4 is 0 Å². The highest BCUT2D eigenvalue weighted by molar-refractivity contribution is 7.81. The summed E-state index contributed by atoms with van der Waals surface area (Å²) < 4.78 is -0.202. The number of aliphatic hydroxyl groups excluding tert-OH is 1. The Morgan fingerprint density at radius 2 is 1.85 bits per heavy atom. The van der Waals surface area contributed by atoms with Crippen LogP contribution in [0.3, 0.4) is 0 Å². The number of hydrogen-bond donors (Lipinski definition) is 2. The molecule has 0 aliphatic rings. The first-order valence-electron chi connectivity index (χ1n) is 5.45. The van der Waals surface area contributed by atoms with Crippen molar-refractivity contribution in [2.45, 2.75) is 70.1 Å². The monoisotopic (exact) mass is 204 g/mol. The van der Waals surface area contributed by atoms with Crippen LogP contribution in [0, 0.1) is 0 Å². The Hall–Kier alpha value is 0.310. The topological polar surface area (TPSA) is 20.2 Å². The Kier molecular flexibility index (Phi) is 6.88. The van der Waals surface area contributed by atoms with E-state index in [1.54, 1.807) is 0 Å². The molecule has 0 aromatic carbocycles. The second-order valence-electron chi connectivity index (χ2n) is 4.08. The van der Waals surface area contributed by atoms with Crippen molar-refractivity contribution in [2.24, 2.45) is 0 Å². The fraction of sp³-hybridized carbons (Fsp3) is 1.00. The van der Waals surface area contributed by atoms with E-state index in [0.29, 0.717) is 0 Å². The third-order valence-electron chi connectivity index (χ3n) is 2.76. The molecule has 0 spiro atoms.